The number of amides is 2. The lowest BCUT2D eigenvalue weighted by atomic mass is 10.1. The lowest BCUT2D eigenvalue weighted by Gasteiger charge is -2.07. The van der Waals surface area contributed by atoms with E-state index in [0.29, 0.717) is 27.6 Å². The number of aromatic nitrogens is 1. The molecule has 0 aliphatic rings. The van der Waals surface area contributed by atoms with E-state index in [-0.39, 0.29) is 23.3 Å². The highest BCUT2D eigenvalue weighted by atomic mass is 32.2. The molecule has 0 atom stereocenters. The van der Waals surface area contributed by atoms with Crippen LogP contribution in [0.5, 0.6) is 0 Å². The van der Waals surface area contributed by atoms with Crippen LogP contribution in [0.2, 0.25) is 0 Å². The number of nitrogens with one attached hydrogen (secondary N) is 2. The van der Waals surface area contributed by atoms with Gasteiger partial charge in [0, 0.05) is 39.2 Å². The van der Waals surface area contributed by atoms with Gasteiger partial charge in [0.05, 0.1) is 16.4 Å². The number of nitro groups is 1. The van der Waals surface area contributed by atoms with Crippen molar-refractivity contribution >= 4 is 51.4 Å². The summed E-state index contributed by atoms with van der Waals surface area (Å²) in [7, 11) is 0. The number of benzene rings is 3. The molecule has 35 heavy (non-hydrogen) atoms. The Balaban J connectivity index is 1.28. The minimum atomic E-state index is -0.470. The van der Waals surface area contributed by atoms with Crippen molar-refractivity contribution in [3.63, 3.8) is 0 Å². The maximum Gasteiger partial charge on any atom is 0.270 e. The van der Waals surface area contributed by atoms with Gasteiger partial charge in [0.15, 0.2) is 5.13 Å². The van der Waals surface area contributed by atoms with E-state index in [1.807, 2.05) is 0 Å². The monoisotopic (exact) mass is 508 g/mol. The van der Waals surface area contributed by atoms with Crippen molar-refractivity contribution in [3.05, 3.63) is 99.7 Å². The Labute approximate surface area is 207 Å². The van der Waals surface area contributed by atoms with Crippen LogP contribution in [0.1, 0.15) is 10.4 Å². The standard InChI is InChI=1S/C24H17FN4O4S2/c25-17-6-4-15(5-7-17)23(31)26-18-8-10-20(11-9-18)34-14-22(30)28-24-27-21(13-35-24)16-2-1-3-19(12-16)29(32)33/h1-13H,14H2,(H,26,31)(H,27,28,30). The summed E-state index contributed by atoms with van der Waals surface area (Å²) < 4.78 is 13.0. The molecule has 1 aromatic heterocycles. The molecule has 176 valence electrons. The Kier molecular flexibility index (Phi) is 7.48. The summed E-state index contributed by atoms with van der Waals surface area (Å²) in [4.78, 5) is 40.2. The lowest BCUT2D eigenvalue weighted by Crippen LogP contribution is -2.13. The molecule has 0 radical (unpaired) electrons. The van der Waals surface area contributed by atoms with Gasteiger partial charge < -0.3 is 10.6 Å². The molecule has 0 saturated heterocycles. The van der Waals surface area contributed by atoms with Crippen LogP contribution in [0.3, 0.4) is 0 Å². The molecule has 11 heteroatoms. The molecule has 4 aromatic rings. The second-order valence-electron chi connectivity index (χ2n) is 7.17. The van der Waals surface area contributed by atoms with Crippen molar-refractivity contribution in [2.75, 3.05) is 16.4 Å². The van der Waals surface area contributed by atoms with E-state index in [0.717, 1.165) is 4.90 Å². The Hall–Kier alpha value is -4.09. The first kappa shape index (κ1) is 24.0. The highest BCUT2D eigenvalue weighted by Crippen LogP contribution is 2.28. The van der Waals surface area contributed by atoms with Gasteiger partial charge in [-0.25, -0.2) is 9.37 Å². The summed E-state index contributed by atoms with van der Waals surface area (Å²) in [6, 6.07) is 18.4. The average Bonchev–Trinajstić information content (AvgIpc) is 3.32. The molecule has 0 saturated carbocycles. The molecule has 0 unspecified atom stereocenters. The van der Waals surface area contributed by atoms with E-state index in [1.54, 1.807) is 41.8 Å². The summed E-state index contributed by atoms with van der Waals surface area (Å²) in [5, 5.41) is 18.5. The summed E-state index contributed by atoms with van der Waals surface area (Å²) in [6.45, 7) is 0. The number of anilines is 2. The van der Waals surface area contributed by atoms with Crippen molar-refractivity contribution in [2.24, 2.45) is 0 Å². The van der Waals surface area contributed by atoms with E-state index in [1.165, 1.54) is 59.5 Å². The Morgan fingerprint density at radius 3 is 2.49 bits per heavy atom. The van der Waals surface area contributed by atoms with Gasteiger partial charge in [0.1, 0.15) is 5.82 Å². The molecule has 0 aliphatic heterocycles. The number of non-ortho nitro benzene ring substituents is 1. The number of hydrogen-bond donors (Lipinski definition) is 2. The molecule has 1 heterocycles. The number of thiazole rings is 1. The van der Waals surface area contributed by atoms with Crippen LogP contribution < -0.4 is 10.6 Å². The van der Waals surface area contributed by atoms with E-state index in [2.05, 4.69) is 15.6 Å². The number of rotatable bonds is 8. The summed E-state index contributed by atoms with van der Waals surface area (Å²) in [5.74, 6) is -0.862. The lowest BCUT2D eigenvalue weighted by molar-refractivity contribution is -0.384. The molecular weight excluding hydrogens is 491 g/mol. The number of thioether (sulfide) groups is 1. The molecule has 4 rings (SSSR count). The number of nitrogens with zero attached hydrogens (tertiary/aromatic N) is 2. The van der Waals surface area contributed by atoms with Crippen LogP contribution in [0.25, 0.3) is 11.3 Å². The fourth-order valence-corrected chi connectivity index (χ4v) is 4.42. The number of halogens is 1. The van der Waals surface area contributed by atoms with Crippen molar-refractivity contribution in [2.45, 2.75) is 4.90 Å². The minimum Gasteiger partial charge on any atom is -0.322 e. The summed E-state index contributed by atoms with van der Waals surface area (Å²) in [5.41, 5.74) is 2.03. The van der Waals surface area contributed by atoms with Gasteiger partial charge in [0.2, 0.25) is 5.91 Å². The number of carbonyl (C=O) groups is 2. The van der Waals surface area contributed by atoms with Crippen LogP contribution in [0, 0.1) is 15.9 Å². The molecule has 0 spiro atoms. The predicted molar refractivity (Wildman–Crippen MR) is 134 cm³/mol. The third-order valence-electron chi connectivity index (χ3n) is 4.69. The zero-order chi connectivity index (χ0) is 24.8. The van der Waals surface area contributed by atoms with E-state index >= 15 is 0 Å². The van der Waals surface area contributed by atoms with Gasteiger partial charge in [-0.1, -0.05) is 12.1 Å². The molecule has 0 aliphatic carbocycles. The van der Waals surface area contributed by atoms with Crippen molar-refractivity contribution < 1.29 is 18.9 Å². The first-order valence-corrected chi connectivity index (χ1v) is 12.0. The van der Waals surface area contributed by atoms with Gasteiger partial charge in [0.25, 0.3) is 11.6 Å². The predicted octanol–water partition coefficient (Wildman–Crippen LogP) is 5.84. The van der Waals surface area contributed by atoms with Crippen LogP contribution in [-0.4, -0.2) is 27.5 Å². The smallest absolute Gasteiger partial charge is 0.270 e. The van der Waals surface area contributed by atoms with E-state index < -0.39 is 10.7 Å². The molecule has 2 N–H and O–H groups in total. The van der Waals surface area contributed by atoms with Crippen molar-refractivity contribution in [1.29, 1.82) is 0 Å². The van der Waals surface area contributed by atoms with Crippen LogP contribution in [-0.2, 0) is 4.79 Å². The maximum absolute atomic E-state index is 13.0. The normalized spacial score (nSPS) is 10.5. The van der Waals surface area contributed by atoms with Gasteiger partial charge in [-0.2, -0.15) is 0 Å². The van der Waals surface area contributed by atoms with Crippen LogP contribution >= 0.6 is 23.1 Å². The largest absolute Gasteiger partial charge is 0.322 e. The Morgan fingerprint density at radius 2 is 1.77 bits per heavy atom. The number of nitro benzene ring substituents is 1. The molecule has 2 amide bonds. The third-order valence-corrected chi connectivity index (χ3v) is 6.46. The highest BCUT2D eigenvalue weighted by molar-refractivity contribution is 8.00. The summed E-state index contributed by atoms with van der Waals surface area (Å²) in [6.07, 6.45) is 0. The van der Waals surface area contributed by atoms with Crippen molar-refractivity contribution in [3.8, 4) is 11.3 Å². The zero-order valence-electron chi connectivity index (χ0n) is 17.9. The second kappa shape index (κ2) is 10.9. The highest BCUT2D eigenvalue weighted by Gasteiger charge is 2.12. The zero-order valence-corrected chi connectivity index (χ0v) is 19.6. The molecule has 3 aromatic carbocycles. The van der Waals surface area contributed by atoms with Crippen molar-refractivity contribution in [1.82, 2.24) is 4.98 Å². The average molecular weight is 509 g/mol. The minimum absolute atomic E-state index is 0.0291. The SMILES string of the molecule is O=C(CSc1ccc(NC(=O)c2ccc(F)cc2)cc1)Nc1nc(-c2cccc([N+](=O)[O-])c2)cs1. The summed E-state index contributed by atoms with van der Waals surface area (Å²) >= 11 is 2.55. The quantitative estimate of drug-likeness (QED) is 0.176. The topological polar surface area (TPSA) is 114 Å². The van der Waals surface area contributed by atoms with Gasteiger partial charge >= 0.3 is 0 Å². The molecule has 8 nitrogen and oxygen atoms in total. The number of hydrogen-bond acceptors (Lipinski definition) is 7. The van der Waals surface area contributed by atoms with Crippen LogP contribution in [0.15, 0.2) is 83.1 Å². The second-order valence-corrected chi connectivity index (χ2v) is 9.07. The Morgan fingerprint density at radius 1 is 1.03 bits per heavy atom. The van der Waals surface area contributed by atoms with Crippen LogP contribution in [0.4, 0.5) is 20.9 Å². The van der Waals surface area contributed by atoms with E-state index in [4.69, 9.17) is 0 Å². The third kappa shape index (κ3) is 6.49. The molecule has 0 fully saturated rings. The maximum atomic E-state index is 13.0. The van der Waals surface area contributed by atoms with E-state index in [9.17, 15) is 24.1 Å². The van der Waals surface area contributed by atoms with Gasteiger partial charge in [-0.15, -0.1) is 23.1 Å². The fraction of sp³-hybridized carbons (Fsp3) is 0.0417. The Bertz CT molecular complexity index is 1380. The first-order valence-electron chi connectivity index (χ1n) is 10.2. The molecule has 0 bridgehead atoms. The van der Waals surface area contributed by atoms with Gasteiger partial charge in [-0.3, -0.25) is 19.7 Å². The fourth-order valence-electron chi connectivity index (χ4n) is 2.99. The van der Waals surface area contributed by atoms with Gasteiger partial charge in [-0.05, 0) is 48.5 Å². The number of carbonyl (C=O) groups excluding carboxylic acids is 2. The first-order chi connectivity index (χ1) is 16.9. The molecular formula is C24H17FN4O4S2.